The highest BCUT2D eigenvalue weighted by Gasteiger charge is 2.31. The van der Waals surface area contributed by atoms with Gasteiger partial charge in [-0.2, -0.15) is 0 Å². The second-order valence-electron chi connectivity index (χ2n) is 9.66. The maximum atomic E-state index is 13.5. The molecule has 3 atom stereocenters. The third-order valence-electron chi connectivity index (χ3n) is 6.67. The molecule has 1 fully saturated rings. The van der Waals surface area contributed by atoms with Gasteiger partial charge in [-0.15, -0.1) is 0 Å². The van der Waals surface area contributed by atoms with E-state index in [1.54, 1.807) is 6.20 Å². The van der Waals surface area contributed by atoms with Crippen LogP contribution in [0.15, 0.2) is 65.8 Å². The minimum atomic E-state index is -0.991. The molecule has 0 unspecified atom stereocenters. The minimum absolute atomic E-state index is 0.0757. The van der Waals surface area contributed by atoms with Crippen molar-refractivity contribution < 1.29 is 19.2 Å². The van der Waals surface area contributed by atoms with E-state index in [0.717, 1.165) is 22.0 Å². The number of amides is 4. The molecule has 3 aromatic rings. The Labute approximate surface area is 231 Å². The number of nitrogens with two attached hydrogens (primary N) is 2. The number of para-hydroxylation sites is 1. The van der Waals surface area contributed by atoms with E-state index in [4.69, 9.17) is 11.5 Å². The molecule has 1 aliphatic heterocycles. The molecule has 9 N–H and O–H groups in total. The fourth-order valence-corrected chi connectivity index (χ4v) is 4.64. The number of benzene rings is 2. The highest BCUT2D eigenvalue weighted by molar-refractivity contribution is 5.97. The van der Waals surface area contributed by atoms with Crippen molar-refractivity contribution in [3.05, 3.63) is 71.9 Å². The maximum Gasteiger partial charge on any atom is 0.243 e. The quantitative estimate of drug-likeness (QED) is 0.114. The summed E-state index contributed by atoms with van der Waals surface area (Å²) >= 11 is 0. The van der Waals surface area contributed by atoms with Gasteiger partial charge in [-0.25, -0.2) is 0 Å². The Morgan fingerprint density at radius 1 is 0.800 bits per heavy atom. The number of nitrogens with zero attached hydrogens (tertiary/aromatic N) is 1. The zero-order chi connectivity index (χ0) is 28.5. The molecule has 1 aromatic heterocycles. The van der Waals surface area contributed by atoms with E-state index in [9.17, 15) is 19.2 Å². The lowest BCUT2D eigenvalue weighted by molar-refractivity contribution is -0.135. The van der Waals surface area contributed by atoms with Gasteiger partial charge in [0.1, 0.15) is 18.1 Å². The summed E-state index contributed by atoms with van der Waals surface area (Å²) in [5.74, 6) is -2.15. The van der Waals surface area contributed by atoms with Gasteiger partial charge < -0.3 is 37.7 Å². The lowest BCUT2D eigenvalue weighted by Crippen LogP contribution is -2.60. The Hall–Kier alpha value is -4.87. The second-order valence-corrected chi connectivity index (χ2v) is 9.66. The maximum absolute atomic E-state index is 13.5. The summed E-state index contributed by atoms with van der Waals surface area (Å²) in [6.45, 7) is -0.0922. The van der Waals surface area contributed by atoms with E-state index in [-0.39, 0.29) is 38.3 Å². The largest absolute Gasteiger partial charge is 0.370 e. The summed E-state index contributed by atoms with van der Waals surface area (Å²) < 4.78 is 0. The fourth-order valence-electron chi connectivity index (χ4n) is 4.64. The van der Waals surface area contributed by atoms with Crippen molar-refractivity contribution in [2.24, 2.45) is 16.5 Å². The van der Waals surface area contributed by atoms with Crippen LogP contribution in [-0.2, 0) is 32.0 Å². The van der Waals surface area contributed by atoms with Crippen molar-refractivity contribution >= 4 is 40.5 Å². The molecule has 0 radical (unpaired) electrons. The number of guanidine groups is 1. The molecular weight excluding hydrogens is 512 g/mol. The van der Waals surface area contributed by atoms with Crippen LogP contribution in [0.25, 0.3) is 10.9 Å². The Morgan fingerprint density at radius 3 is 2.25 bits per heavy atom. The normalized spacial score (nSPS) is 20.4. The summed E-state index contributed by atoms with van der Waals surface area (Å²) in [6, 6.07) is 13.9. The van der Waals surface area contributed by atoms with Crippen LogP contribution in [0.1, 0.15) is 24.0 Å². The van der Waals surface area contributed by atoms with E-state index in [1.807, 2.05) is 54.6 Å². The summed E-state index contributed by atoms with van der Waals surface area (Å²) in [4.78, 5) is 60.0. The molecule has 0 bridgehead atoms. The first-order valence-electron chi connectivity index (χ1n) is 13.1. The lowest BCUT2D eigenvalue weighted by Gasteiger charge is -2.27. The van der Waals surface area contributed by atoms with Gasteiger partial charge in [-0.1, -0.05) is 48.5 Å². The van der Waals surface area contributed by atoms with Gasteiger partial charge in [0.25, 0.3) is 0 Å². The average molecular weight is 547 g/mol. The predicted octanol–water partition coefficient (Wildman–Crippen LogP) is -0.409. The summed E-state index contributed by atoms with van der Waals surface area (Å²) in [5.41, 5.74) is 13.4. The number of carbonyl (C=O) groups excluding carboxylic acids is 4. The van der Waals surface area contributed by atoms with Gasteiger partial charge >= 0.3 is 0 Å². The van der Waals surface area contributed by atoms with Crippen LogP contribution in [0, 0.1) is 0 Å². The molecule has 2 heterocycles. The molecule has 12 heteroatoms. The number of aliphatic imine (C=N–C) groups is 1. The van der Waals surface area contributed by atoms with Crippen molar-refractivity contribution in [2.45, 2.75) is 43.8 Å². The van der Waals surface area contributed by atoms with Crippen LogP contribution >= 0.6 is 0 Å². The Morgan fingerprint density at radius 2 is 1.48 bits per heavy atom. The molecule has 1 saturated heterocycles. The third-order valence-corrected chi connectivity index (χ3v) is 6.67. The van der Waals surface area contributed by atoms with Gasteiger partial charge in [-0.3, -0.25) is 24.2 Å². The van der Waals surface area contributed by atoms with Crippen LogP contribution in [0.5, 0.6) is 0 Å². The zero-order valence-electron chi connectivity index (χ0n) is 22.0. The standard InChI is InChI=1S/C28H34N8O4/c29-28(30)31-12-6-11-21-26(39)36-23(14-18-15-32-20-10-5-4-9-19(18)20)25(38)33-16-24(37)34-22(27(40)35-21)13-17-7-2-1-3-8-17/h1-5,7-10,15,21-23,32H,6,11-14,16H2,(H,33,38)(H,34,37)(H,35,40)(H,36,39)(H4,29,30,31)/t21-,22-,23+/m1/s1. The van der Waals surface area contributed by atoms with Crippen molar-refractivity contribution in [1.82, 2.24) is 26.3 Å². The first-order valence-corrected chi connectivity index (χ1v) is 13.1. The Bertz CT molecular complexity index is 1380. The summed E-state index contributed by atoms with van der Waals surface area (Å²) in [5, 5.41) is 11.8. The highest BCUT2D eigenvalue weighted by Crippen LogP contribution is 2.19. The fraction of sp³-hybridized carbons (Fsp3) is 0.321. The minimum Gasteiger partial charge on any atom is -0.370 e. The van der Waals surface area contributed by atoms with E-state index < -0.39 is 41.8 Å². The molecular formula is C28H34N8O4. The molecule has 0 spiro atoms. The number of aromatic amines is 1. The Balaban J connectivity index is 1.58. The molecule has 12 nitrogen and oxygen atoms in total. The monoisotopic (exact) mass is 546 g/mol. The molecule has 40 heavy (non-hydrogen) atoms. The smallest absolute Gasteiger partial charge is 0.243 e. The molecule has 210 valence electrons. The number of hydrogen-bond donors (Lipinski definition) is 7. The van der Waals surface area contributed by atoms with E-state index in [2.05, 4.69) is 31.2 Å². The number of hydrogen-bond acceptors (Lipinski definition) is 5. The highest BCUT2D eigenvalue weighted by atomic mass is 16.2. The Kier molecular flexibility index (Phi) is 9.34. The van der Waals surface area contributed by atoms with Gasteiger partial charge in [0.05, 0.1) is 6.54 Å². The molecule has 0 aliphatic carbocycles. The van der Waals surface area contributed by atoms with Crippen molar-refractivity contribution in [1.29, 1.82) is 0 Å². The first-order chi connectivity index (χ1) is 19.3. The molecule has 4 rings (SSSR count). The molecule has 4 amide bonds. The zero-order valence-corrected chi connectivity index (χ0v) is 22.0. The van der Waals surface area contributed by atoms with Crippen LogP contribution in [0.3, 0.4) is 0 Å². The van der Waals surface area contributed by atoms with E-state index >= 15 is 0 Å². The van der Waals surface area contributed by atoms with Crippen LogP contribution in [-0.4, -0.2) is 65.8 Å². The number of fused-ring (bicyclic) bond motifs is 1. The third kappa shape index (κ3) is 7.59. The van der Waals surface area contributed by atoms with Crippen molar-refractivity contribution in [2.75, 3.05) is 13.1 Å². The first kappa shape index (κ1) is 28.1. The molecule has 0 saturated carbocycles. The average Bonchev–Trinajstić information content (AvgIpc) is 3.35. The topological polar surface area (TPSA) is 197 Å². The van der Waals surface area contributed by atoms with E-state index in [0.29, 0.717) is 6.42 Å². The van der Waals surface area contributed by atoms with Gasteiger partial charge in [0, 0.05) is 36.5 Å². The summed E-state index contributed by atoms with van der Waals surface area (Å²) in [7, 11) is 0. The van der Waals surface area contributed by atoms with Gasteiger partial charge in [0.15, 0.2) is 5.96 Å². The molecule has 2 aromatic carbocycles. The van der Waals surface area contributed by atoms with Crippen LogP contribution in [0.4, 0.5) is 0 Å². The van der Waals surface area contributed by atoms with E-state index in [1.165, 1.54) is 0 Å². The number of carbonyl (C=O) groups is 4. The number of aromatic nitrogens is 1. The number of rotatable bonds is 8. The number of nitrogens with one attached hydrogen (secondary N) is 5. The van der Waals surface area contributed by atoms with Gasteiger partial charge in [0.2, 0.25) is 23.6 Å². The lowest BCUT2D eigenvalue weighted by atomic mass is 10.0. The van der Waals surface area contributed by atoms with Crippen molar-refractivity contribution in [3.8, 4) is 0 Å². The summed E-state index contributed by atoms with van der Waals surface area (Å²) in [6.07, 6.45) is 2.77. The molecule has 1 aliphatic rings. The predicted molar refractivity (Wildman–Crippen MR) is 151 cm³/mol. The SMILES string of the molecule is NC(N)=NCCC[C@H]1NC(=O)[C@@H](Cc2ccccc2)NC(=O)CNC(=O)[C@H](Cc2c[nH]c3ccccc23)NC1=O. The van der Waals surface area contributed by atoms with Crippen molar-refractivity contribution in [3.63, 3.8) is 0 Å². The second kappa shape index (κ2) is 13.3. The number of H-pyrrole nitrogens is 1. The van der Waals surface area contributed by atoms with Crippen LogP contribution < -0.4 is 32.7 Å². The van der Waals surface area contributed by atoms with Crippen LogP contribution in [0.2, 0.25) is 0 Å². The van der Waals surface area contributed by atoms with Gasteiger partial charge in [-0.05, 0) is 30.0 Å².